The lowest BCUT2D eigenvalue weighted by Crippen LogP contribution is -2.14. The molecule has 1 heterocycles. The number of aromatic nitrogens is 1. The highest BCUT2D eigenvalue weighted by molar-refractivity contribution is 7.99. The van der Waals surface area contributed by atoms with Gasteiger partial charge in [0.1, 0.15) is 0 Å². The van der Waals surface area contributed by atoms with E-state index in [0.717, 1.165) is 29.0 Å². The lowest BCUT2D eigenvalue weighted by molar-refractivity contribution is -0.115. The molecule has 0 fully saturated rings. The van der Waals surface area contributed by atoms with Gasteiger partial charge in [-0.3, -0.25) is 4.79 Å². The van der Waals surface area contributed by atoms with Crippen molar-refractivity contribution in [2.24, 2.45) is 0 Å². The predicted molar refractivity (Wildman–Crippen MR) is 132 cm³/mol. The summed E-state index contributed by atoms with van der Waals surface area (Å²) in [4.78, 5) is 18.2. The second-order valence-electron chi connectivity index (χ2n) is 7.20. The minimum atomic E-state index is -0.0463. The number of amides is 1. The van der Waals surface area contributed by atoms with Crippen molar-refractivity contribution in [1.29, 1.82) is 0 Å². The number of benzene rings is 3. The van der Waals surface area contributed by atoms with Crippen molar-refractivity contribution in [3.05, 3.63) is 101 Å². The highest BCUT2D eigenvalue weighted by atomic mass is 32.2. The van der Waals surface area contributed by atoms with E-state index in [-0.39, 0.29) is 5.91 Å². The fraction of sp³-hybridized carbons (Fsp3) is 0.154. The van der Waals surface area contributed by atoms with Gasteiger partial charge in [0.15, 0.2) is 5.13 Å². The Bertz CT molecular complexity index is 1120. The molecule has 3 nitrogen and oxygen atoms in total. The van der Waals surface area contributed by atoms with Crippen LogP contribution in [0.5, 0.6) is 0 Å². The van der Waals surface area contributed by atoms with Crippen molar-refractivity contribution in [2.75, 3.05) is 11.1 Å². The van der Waals surface area contributed by atoms with E-state index in [4.69, 9.17) is 0 Å². The smallest absolute Gasteiger partial charge is 0.230 e. The maximum atomic E-state index is 12.4. The Morgan fingerprint density at radius 2 is 1.58 bits per heavy atom. The second-order valence-corrected chi connectivity index (χ2v) is 9.39. The Balaban J connectivity index is 1.34. The first-order chi connectivity index (χ1) is 15.2. The van der Waals surface area contributed by atoms with E-state index in [1.807, 2.05) is 23.6 Å². The zero-order valence-electron chi connectivity index (χ0n) is 17.4. The van der Waals surface area contributed by atoms with Crippen molar-refractivity contribution in [3.63, 3.8) is 0 Å². The molecule has 0 spiro atoms. The van der Waals surface area contributed by atoms with Crippen molar-refractivity contribution in [3.8, 4) is 11.3 Å². The third-order valence-electron chi connectivity index (χ3n) is 4.85. The minimum Gasteiger partial charge on any atom is -0.302 e. The van der Waals surface area contributed by atoms with Crippen molar-refractivity contribution < 1.29 is 4.79 Å². The zero-order chi connectivity index (χ0) is 21.5. The third-order valence-corrected chi connectivity index (χ3v) is 6.50. The fourth-order valence-electron chi connectivity index (χ4n) is 3.31. The van der Waals surface area contributed by atoms with E-state index in [0.29, 0.717) is 11.6 Å². The number of hydrogen-bond donors (Lipinski definition) is 1. The molecule has 0 radical (unpaired) electrons. The van der Waals surface area contributed by atoms with E-state index >= 15 is 0 Å². The van der Waals surface area contributed by atoms with Crippen LogP contribution in [0.4, 0.5) is 5.13 Å². The van der Waals surface area contributed by atoms with Gasteiger partial charge in [-0.15, -0.1) is 23.1 Å². The number of nitrogens with zero attached hydrogens (tertiary/aromatic N) is 1. The van der Waals surface area contributed by atoms with Crippen molar-refractivity contribution in [2.45, 2.75) is 24.7 Å². The summed E-state index contributed by atoms with van der Waals surface area (Å²) in [7, 11) is 0. The molecule has 0 bridgehead atoms. The maximum absolute atomic E-state index is 12.4. The molecule has 0 atom stereocenters. The lowest BCUT2D eigenvalue weighted by Gasteiger charge is -2.04. The van der Waals surface area contributed by atoms with Crippen LogP contribution in [-0.2, 0) is 17.6 Å². The monoisotopic (exact) mass is 444 g/mol. The number of thioether (sulfide) groups is 1. The standard InChI is InChI=1S/C26H24N2OS2/c1-2-30-23-14-10-21(11-15-23)17-25(29)28-26-27-24(18-31-26)22-12-8-20(9-13-22)16-19-6-4-3-5-7-19/h3-15,18H,2,16-17H2,1H3,(H,27,28,29). The van der Waals surface area contributed by atoms with Crippen LogP contribution >= 0.6 is 23.1 Å². The Hall–Kier alpha value is -2.89. The molecule has 156 valence electrons. The molecular weight excluding hydrogens is 420 g/mol. The molecule has 31 heavy (non-hydrogen) atoms. The molecule has 0 saturated heterocycles. The molecule has 0 aliphatic carbocycles. The van der Waals surface area contributed by atoms with Gasteiger partial charge in [-0.05, 0) is 41.0 Å². The number of thiazole rings is 1. The largest absolute Gasteiger partial charge is 0.302 e. The normalized spacial score (nSPS) is 10.7. The van der Waals surface area contributed by atoms with E-state index in [1.165, 1.54) is 27.4 Å². The topological polar surface area (TPSA) is 42.0 Å². The average Bonchev–Trinajstić information content (AvgIpc) is 3.25. The molecular formula is C26H24N2OS2. The van der Waals surface area contributed by atoms with Gasteiger partial charge in [-0.25, -0.2) is 4.98 Å². The first-order valence-electron chi connectivity index (χ1n) is 10.3. The Morgan fingerprint density at radius 1 is 0.903 bits per heavy atom. The third kappa shape index (κ3) is 6.06. The summed E-state index contributed by atoms with van der Waals surface area (Å²) >= 11 is 3.25. The summed E-state index contributed by atoms with van der Waals surface area (Å²) in [5.74, 6) is 0.997. The second kappa shape index (κ2) is 10.4. The van der Waals surface area contributed by atoms with Gasteiger partial charge in [-0.2, -0.15) is 0 Å². The van der Waals surface area contributed by atoms with E-state index in [9.17, 15) is 4.79 Å². The van der Waals surface area contributed by atoms with E-state index in [1.54, 1.807) is 11.8 Å². The van der Waals surface area contributed by atoms with Crippen LogP contribution < -0.4 is 5.32 Å². The van der Waals surface area contributed by atoms with Crippen LogP contribution in [0.2, 0.25) is 0 Å². The van der Waals surface area contributed by atoms with Crippen LogP contribution in [0.15, 0.2) is 89.1 Å². The first-order valence-corrected chi connectivity index (χ1v) is 12.2. The highest BCUT2D eigenvalue weighted by Gasteiger charge is 2.09. The van der Waals surface area contributed by atoms with Gasteiger partial charge < -0.3 is 5.32 Å². The Labute approximate surface area is 191 Å². The van der Waals surface area contributed by atoms with Gasteiger partial charge in [0.25, 0.3) is 0 Å². The summed E-state index contributed by atoms with van der Waals surface area (Å²) in [5.41, 5.74) is 5.50. The average molecular weight is 445 g/mol. The number of nitrogens with one attached hydrogen (secondary N) is 1. The summed E-state index contributed by atoms with van der Waals surface area (Å²) in [6.45, 7) is 2.13. The van der Waals surface area contributed by atoms with Gasteiger partial charge >= 0.3 is 0 Å². The van der Waals surface area contributed by atoms with Crippen molar-refractivity contribution >= 4 is 34.1 Å². The number of anilines is 1. The Kier molecular flexibility index (Phi) is 7.18. The van der Waals surface area contributed by atoms with Crippen molar-refractivity contribution in [1.82, 2.24) is 4.98 Å². The number of carbonyl (C=O) groups is 1. The van der Waals surface area contributed by atoms with Crippen LogP contribution in [0, 0.1) is 0 Å². The van der Waals surface area contributed by atoms with Crippen LogP contribution in [-0.4, -0.2) is 16.6 Å². The van der Waals surface area contributed by atoms with Gasteiger partial charge in [-0.1, -0.05) is 73.7 Å². The highest BCUT2D eigenvalue weighted by Crippen LogP contribution is 2.26. The number of carbonyl (C=O) groups excluding carboxylic acids is 1. The Morgan fingerprint density at radius 3 is 2.29 bits per heavy atom. The van der Waals surface area contributed by atoms with Gasteiger partial charge in [0.05, 0.1) is 12.1 Å². The zero-order valence-corrected chi connectivity index (χ0v) is 19.0. The van der Waals surface area contributed by atoms with Gasteiger partial charge in [0, 0.05) is 15.8 Å². The minimum absolute atomic E-state index is 0.0463. The van der Waals surface area contributed by atoms with Crippen LogP contribution in [0.3, 0.4) is 0 Å². The molecule has 4 aromatic rings. The maximum Gasteiger partial charge on any atom is 0.230 e. The molecule has 1 N–H and O–H groups in total. The molecule has 0 aliphatic rings. The first kappa shape index (κ1) is 21.3. The summed E-state index contributed by atoms with van der Waals surface area (Å²) in [6.07, 6.45) is 1.26. The summed E-state index contributed by atoms with van der Waals surface area (Å²) in [5, 5.41) is 5.54. The van der Waals surface area contributed by atoms with E-state index in [2.05, 4.69) is 77.9 Å². The molecule has 1 amide bonds. The summed E-state index contributed by atoms with van der Waals surface area (Å²) < 4.78 is 0. The fourth-order valence-corrected chi connectivity index (χ4v) is 4.71. The predicted octanol–water partition coefficient (Wildman–Crippen LogP) is 6.69. The molecule has 0 aliphatic heterocycles. The van der Waals surface area contributed by atoms with Gasteiger partial charge in [0.2, 0.25) is 5.91 Å². The molecule has 4 rings (SSSR count). The quantitative estimate of drug-likeness (QED) is 0.308. The van der Waals surface area contributed by atoms with Crippen LogP contribution in [0.25, 0.3) is 11.3 Å². The number of hydrogen-bond acceptors (Lipinski definition) is 4. The van der Waals surface area contributed by atoms with E-state index < -0.39 is 0 Å². The SMILES string of the molecule is CCSc1ccc(CC(=O)Nc2nc(-c3ccc(Cc4ccccc4)cc3)cs2)cc1. The molecule has 0 saturated carbocycles. The molecule has 5 heteroatoms. The molecule has 0 unspecified atom stereocenters. The lowest BCUT2D eigenvalue weighted by atomic mass is 10.0. The van der Waals surface area contributed by atoms with Crippen LogP contribution in [0.1, 0.15) is 23.6 Å². The summed E-state index contributed by atoms with van der Waals surface area (Å²) in [6, 6.07) is 27.1. The molecule has 3 aromatic carbocycles. The molecule has 1 aromatic heterocycles. The number of rotatable bonds is 8.